The predicted molar refractivity (Wildman–Crippen MR) is 84.0 cm³/mol. The van der Waals surface area contributed by atoms with Gasteiger partial charge in [0.05, 0.1) is 19.8 Å². The molecule has 0 fully saturated rings. The summed E-state index contributed by atoms with van der Waals surface area (Å²) < 4.78 is 9.19. The third-order valence-electron chi connectivity index (χ3n) is 3.02. The van der Waals surface area contributed by atoms with Crippen LogP contribution in [0.15, 0.2) is 24.3 Å². The standard InChI is InChI=1S/C15H12ClN3O5/c1-23-13(21)10-9(11(14(22)24-2)19-15(17)18-10)12(20)7-3-5-8(16)6-4-7/h3-6H,1-2H3,(H2,17,18,19). The van der Waals surface area contributed by atoms with E-state index in [1.807, 2.05) is 0 Å². The monoisotopic (exact) mass is 349 g/mol. The van der Waals surface area contributed by atoms with Gasteiger partial charge in [0, 0.05) is 10.6 Å². The summed E-state index contributed by atoms with van der Waals surface area (Å²) in [6.07, 6.45) is 0. The van der Waals surface area contributed by atoms with Crippen LogP contribution in [0.5, 0.6) is 0 Å². The predicted octanol–water partition coefficient (Wildman–Crippen LogP) is 1.52. The molecule has 2 rings (SSSR count). The van der Waals surface area contributed by atoms with E-state index >= 15 is 0 Å². The maximum atomic E-state index is 12.8. The molecule has 0 aliphatic heterocycles. The van der Waals surface area contributed by atoms with Crippen LogP contribution in [-0.4, -0.2) is 41.9 Å². The summed E-state index contributed by atoms with van der Waals surface area (Å²) in [6.45, 7) is 0. The molecule has 0 saturated heterocycles. The first-order valence-corrected chi connectivity index (χ1v) is 6.91. The Morgan fingerprint density at radius 1 is 0.958 bits per heavy atom. The molecule has 124 valence electrons. The summed E-state index contributed by atoms with van der Waals surface area (Å²) in [5.74, 6) is -2.92. The first-order valence-electron chi connectivity index (χ1n) is 6.53. The molecule has 0 radical (unpaired) electrons. The lowest BCUT2D eigenvalue weighted by Crippen LogP contribution is -2.22. The molecule has 1 aromatic heterocycles. The Bertz CT molecular complexity index is 783. The van der Waals surface area contributed by atoms with Gasteiger partial charge < -0.3 is 15.2 Å². The van der Waals surface area contributed by atoms with E-state index < -0.39 is 29.1 Å². The zero-order chi connectivity index (χ0) is 17.9. The van der Waals surface area contributed by atoms with Gasteiger partial charge in [-0.1, -0.05) is 11.6 Å². The van der Waals surface area contributed by atoms with E-state index in [-0.39, 0.29) is 17.1 Å². The Morgan fingerprint density at radius 3 is 1.83 bits per heavy atom. The van der Waals surface area contributed by atoms with E-state index in [9.17, 15) is 14.4 Å². The number of methoxy groups -OCH3 is 2. The van der Waals surface area contributed by atoms with Crippen LogP contribution < -0.4 is 5.73 Å². The average Bonchev–Trinajstić information content (AvgIpc) is 2.59. The maximum absolute atomic E-state index is 12.8. The van der Waals surface area contributed by atoms with Gasteiger partial charge in [-0.15, -0.1) is 0 Å². The number of nitrogens with zero attached hydrogens (tertiary/aromatic N) is 2. The van der Waals surface area contributed by atoms with Crippen LogP contribution in [-0.2, 0) is 9.47 Å². The van der Waals surface area contributed by atoms with E-state index in [1.165, 1.54) is 24.3 Å². The highest BCUT2D eigenvalue weighted by molar-refractivity contribution is 6.30. The second-order valence-corrected chi connectivity index (χ2v) is 4.91. The van der Waals surface area contributed by atoms with Gasteiger partial charge in [0.15, 0.2) is 17.2 Å². The molecule has 24 heavy (non-hydrogen) atoms. The molecule has 1 heterocycles. The van der Waals surface area contributed by atoms with Gasteiger partial charge in [0.25, 0.3) is 0 Å². The Labute approximate surface area is 141 Å². The molecule has 0 amide bonds. The summed E-state index contributed by atoms with van der Waals surface area (Å²) in [7, 11) is 2.21. The molecule has 0 aliphatic rings. The number of hydrogen-bond donors (Lipinski definition) is 1. The van der Waals surface area contributed by atoms with Crippen LogP contribution >= 0.6 is 11.6 Å². The van der Waals surface area contributed by atoms with Crippen molar-refractivity contribution in [3.05, 3.63) is 51.8 Å². The summed E-state index contributed by atoms with van der Waals surface area (Å²) in [4.78, 5) is 44.1. The van der Waals surface area contributed by atoms with Crippen molar-refractivity contribution in [2.24, 2.45) is 0 Å². The number of nitrogen functional groups attached to an aromatic ring is 1. The third kappa shape index (κ3) is 3.33. The molecule has 1 aromatic carbocycles. The fraction of sp³-hybridized carbons (Fsp3) is 0.133. The number of benzene rings is 1. The maximum Gasteiger partial charge on any atom is 0.357 e. The molecule has 9 heteroatoms. The number of ether oxygens (including phenoxy) is 2. The first-order chi connectivity index (χ1) is 11.4. The van der Waals surface area contributed by atoms with Crippen molar-refractivity contribution in [3.8, 4) is 0 Å². The topological polar surface area (TPSA) is 121 Å². The highest BCUT2D eigenvalue weighted by atomic mass is 35.5. The highest BCUT2D eigenvalue weighted by Gasteiger charge is 2.30. The van der Waals surface area contributed by atoms with Crippen LogP contribution in [0.3, 0.4) is 0 Å². The van der Waals surface area contributed by atoms with Gasteiger partial charge in [-0.05, 0) is 24.3 Å². The van der Waals surface area contributed by atoms with Gasteiger partial charge in [-0.3, -0.25) is 4.79 Å². The van der Waals surface area contributed by atoms with Crippen LogP contribution in [0.25, 0.3) is 0 Å². The normalized spacial score (nSPS) is 10.1. The van der Waals surface area contributed by atoms with E-state index in [1.54, 1.807) is 0 Å². The largest absolute Gasteiger partial charge is 0.464 e. The molecule has 0 aliphatic carbocycles. The minimum atomic E-state index is -0.938. The second-order valence-electron chi connectivity index (χ2n) is 4.47. The Morgan fingerprint density at radius 2 is 1.42 bits per heavy atom. The molecule has 0 spiro atoms. The zero-order valence-electron chi connectivity index (χ0n) is 12.7. The molecule has 0 saturated carbocycles. The third-order valence-corrected chi connectivity index (χ3v) is 3.27. The van der Waals surface area contributed by atoms with E-state index in [0.717, 1.165) is 14.2 Å². The van der Waals surface area contributed by atoms with Gasteiger partial charge in [-0.2, -0.15) is 0 Å². The van der Waals surface area contributed by atoms with Crippen molar-refractivity contribution in [2.75, 3.05) is 20.0 Å². The SMILES string of the molecule is COC(=O)c1nc(N)nc(C(=O)OC)c1C(=O)c1ccc(Cl)cc1. The van der Waals surface area contributed by atoms with Gasteiger partial charge in [0.2, 0.25) is 5.95 Å². The van der Waals surface area contributed by atoms with E-state index in [0.29, 0.717) is 5.02 Å². The van der Waals surface area contributed by atoms with Crippen molar-refractivity contribution >= 4 is 35.3 Å². The minimum Gasteiger partial charge on any atom is -0.464 e. The number of esters is 2. The van der Waals surface area contributed by atoms with Crippen LogP contribution in [0.1, 0.15) is 36.9 Å². The Hall–Kier alpha value is -3.00. The number of nitrogens with two attached hydrogens (primary N) is 1. The van der Waals surface area contributed by atoms with Crippen molar-refractivity contribution in [1.82, 2.24) is 9.97 Å². The Kier molecular flexibility index (Phi) is 5.10. The molecular weight excluding hydrogens is 338 g/mol. The number of hydrogen-bond acceptors (Lipinski definition) is 8. The highest BCUT2D eigenvalue weighted by Crippen LogP contribution is 2.21. The number of rotatable bonds is 4. The summed E-state index contributed by atoms with van der Waals surface area (Å²) >= 11 is 5.79. The molecule has 8 nitrogen and oxygen atoms in total. The van der Waals surface area contributed by atoms with Crippen LogP contribution in [0.4, 0.5) is 5.95 Å². The van der Waals surface area contributed by atoms with E-state index in [2.05, 4.69) is 19.4 Å². The Balaban J connectivity index is 2.72. The summed E-state index contributed by atoms with van der Waals surface area (Å²) in [5, 5.41) is 0.418. The minimum absolute atomic E-state index is 0.170. The van der Waals surface area contributed by atoms with Gasteiger partial charge in [-0.25, -0.2) is 19.6 Å². The number of carbonyl (C=O) groups is 3. The van der Waals surface area contributed by atoms with Crippen molar-refractivity contribution < 1.29 is 23.9 Å². The molecule has 2 aromatic rings. The molecule has 2 N–H and O–H groups in total. The van der Waals surface area contributed by atoms with E-state index in [4.69, 9.17) is 17.3 Å². The quantitative estimate of drug-likeness (QED) is 0.651. The van der Waals surface area contributed by atoms with Gasteiger partial charge in [0.1, 0.15) is 0 Å². The number of anilines is 1. The molecule has 0 unspecified atom stereocenters. The van der Waals surface area contributed by atoms with Crippen molar-refractivity contribution in [2.45, 2.75) is 0 Å². The number of aromatic nitrogens is 2. The number of carbonyl (C=O) groups excluding carboxylic acids is 3. The van der Waals surface area contributed by atoms with Crippen LogP contribution in [0.2, 0.25) is 5.02 Å². The number of halogens is 1. The molecule has 0 atom stereocenters. The zero-order valence-corrected chi connectivity index (χ0v) is 13.5. The molecular formula is C15H12ClN3O5. The lowest BCUT2D eigenvalue weighted by Gasteiger charge is -2.11. The lowest BCUT2D eigenvalue weighted by atomic mass is 9.99. The summed E-state index contributed by atoms with van der Waals surface area (Å²) in [5.41, 5.74) is 4.47. The second kappa shape index (κ2) is 7.05. The first kappa shape index (κ1) is 17.4. The fourth-order valence-electron chi connectivity index (χ4n) is 1.93. The van der Waals surface area contributed by atoms with Gasteiger partial charge >= 0.3 is 11.9 Å². The number of ketones is 1. The summed E-state index contributed by atoms with van der Waals surface area (Å²) in [6, 6.07) is 5.84. The molecule has 0 bridgehead atoms. The lowest BCUT2D eigenvalue weighted by molar-refractivity contribution is 0.0583. The van der Waals surface area contributed by atoms with Crippen LogP contribution in [0, 0.1) is 0 Å². The van der Waals surface area contributed by atoms with Crippen molar-refractivity contribution in [3.63, 3.8) is 0 Å². The smallest absolute Gasteiger partial charge is 0.357 e. The average molecular weight is 350 g/mol. The fourth-order valence-corrected chi connectivity index (χ4v) is 2.05. The van der Waals surface area contributed by atoms with Crippen molar-refractivity contribution in [1.29, 1.82) is 0 Å².